The maximum atomic E-state index is 7.88. The van der Waals surface area contributed by atoms with Gasteiger partial charge in [0.25, 0.3) is 0 Å². The summed E-state index contributed by atoms with van der Waals surface area (Å²) < 4.78 is 12.0. The van der Waals surface area contributed by atoms with E-state index in [1.165, 1.54) is 37.8 Å². The molecule has 0 saturated carbocycles. The SMILES string of the molecule is C=CCC.CCCC[Si](C)(C)O[Si](C)(C)CCCC.CCCO.C[SiH](C)O[SiH](C)C. The lowest BCUT2D eigenvalue weighted by Gasteiger charge is -2.34. The molecule has 0 bridgehead atoms. The quantitative estimate of drug-likeness (QED) is 0.220. The zero-order valence-corrected chi connectivity index (χ0v) is 27.4. The first-order valence-corrected chi connectivity index (χ1v) is 24.1. The monoisotopic (exact) mass is 496 g/mol. The van der Waals surface area contributed by atoms with E-state index in [-0.39, 0.29) is 0 Å². The minimum atomic E-state index is -1.35. The van der Waals surface area contributed by atoms with Crippen LogP contribution >= 0.6 is 0 Å². The van der Waals surface area contributed by atoms with Gasteiger partial charge in [0.1, 0.15) is 0 Å². The fourth-order valence-corrected chi connectivity index (χ4v) is 16.2. The van der Waals surface area contributed by atoms with Gasteiger partial charge in [-0.3, -0.25) is 0 Å². The second-order valence-corrected chi connectivity index (χ2v) is 23.6. The molecule has 0 rings (SSSR count). The minimum absolute atomic E-state index is 0.319. The van der Waals surface area contributed by atoms with Gasteiger partial charge in [-0.1, -0.05) is 59.5 Å². The molecule has 0 aromatic rings. The molecule has 0 aliphatic carbocycles. The van der Waals surface area contributed by atoms with E-state index >= 15 is 0 Å². The zero-order chi connectivity index (χ0) is 24.6. The summed E-state index contributed by atoms with van der Waals surface area (Å²) in [5.74, 6) is 0. The molecule has 0 aromatic heterocycles. The van der Waals surface area contributed by atoms with E-state index in [9.17, 15) is 0 Å². The van der Waals surface area contributed by atoms with E-state index < -0.39 is 34.7 Å². The topological polar surface area (TPSA) is 38.7 Å². The Kier molecular flexibility index (Phi) is 32.4. The molecule has 0 radical (unpaired) electrons. The summed E-state index contributed by atoms with van der Waals surface area (Å²) in [6.45, 7) is 30.8. The van der Waals surface area contributed by atoms with Crippen molar-refractivity contribution in [3.63, 3.8) is 0 Å². The molecule has 0 spiro atoms. The largest absolute Gasteiger partial charge is 0.461 e. The number of aliphatic hydroxyl groups is 1. The average Bonchev–Trinajstić information content (AvgIpc) is 2.63. The highest BCUT2D eigenvalue weighted by Gasteiger charge is 2.31. The maximum absolute atomic E-state index is 7.88. The van der Waals surface area contributed by atoms with Crippen LogP contribution in [0.25, 0.3) is 0 Å². The first-order valence-electron chi connectivity index (χ1n) is 12.4. The van der Waals surface area contributed by atoms with Crippen molar-refractivity contribution in [2.75, 3.05) is 6.61 Å². The van der Waals surface area contributed by atoms with Gasteiger partial charge < -0.3 is 13.3 Å². The molecule has 0 aromatic carbocycles. The Hall–Kier alpha value is 0.488. The van der Waals surface area contributed by atoms with Crippen LogP contribution < -0.4 is 0 Å². The number of hydrogen-bond donors (Lipinski definition) is 1. The third kappa shape index (κ3) is 42.6. The van der Waals surface area contributed by atoms with E-state index in [1.807, 2.05) is 13.0 Å². The van der Waals surface area contributed by atoms with Crippen molar-refractivity contribution in [1.82, 2.24) is 0 Å². The van der Waals surface area contributed by atoms with Gasteiger partial charge in [0, 0.05) is 6.61 Å². The van der Waals surface area contributed by atoms with Crippen molar-refractivity contribution in [3.05, 3.63) is 12.7 Å². The molecule has 0 atom stereocenters. The predicted octanol–water partition coefficient (Wildman–Crippen LogP) is 7.95. The second-order valence-electron chi connectivity index (χ2n) is 9.48. The first-order chi connectivity index (χ1) is 13.8. The highest BCUT2D eigenvalue weighted by atomic mass is 28.4. The van der Waals surface area contributed by atoms with Crippen molar-refractivity contribution in [3.8, 4) is 0 Å². The molecule has 1 N–H and O–H groups in total. The van der Waals surface area contributed by atoms with Gasteiger partial charge >= 0.3 is 0 Å². The summed E-state index contributed by atoms with van der Waals surface area (Å²) >= 11 is 0. The fraction of sp³-hybridized carbons (Fsp3) is 0.913. The maximum Gasteiger partial charge on any atom is 0.173 e. The summed E-state index contributed by atoms with van der Waals surface area (Å²) in [6, 6.07) is 2.68. The molecular formula is C23H60O3Si4. The van der Waals surface area contributed by atoms with E-state index in [2.05, 4.69) is 79.7 Å². The van der Waals surface area contributed by atoms with E-state index in [4.69, 9.17) is 13.3 Å². The van der Waals surface area contributed by atoms with Gasteiger partial charge in [0.05, 0.1) is 0 Å². The van der Waals surface area contributed by atoms with Gasteiger partial charge in [-0.05, 0) is 77.3 Å². The minimum Gasteiger partial charge on any atom is -0.461 e. The number of hydrogen-bond acceptors (Lipinski definition) is 3. The lowest BCUT2D eigenvalue weighted by atomic mass is 10.4. The molecule has 0 unspecified atom stereocenters. The Balaban J connectivity index is -0.000000185. The van der Waals surface area contributed by atoms with Crippen LogP contribution in [0.4, 0.5) is 0 Å². The van der Waals surface area contributed by atoms with Gasteiger partial charge in [-0.25, -0.2) is 0 Å². The summed E-state index contributed by atoms with van der Waals surface area (Å²) in [7, 11) is -4.03. The smallest absolute Gasteiger partial charge is 0.173 e. The fourth-order valence-electron chi connectivity index (χ4n) is 2.60. The number of rotatable bonds is 12. The van der Waals surface area contributed by atoms with Crippen LogP contribution in [0, 0.1) is 0 Å². The summed E-state index contributed by atoms with van der Waals surface area (Å²) in [4.78, 5) is 0. The third-order valence-electron chi connectivity index (χ3n) is 3.87. The molecule has 0 saturated heterocycles. The lowest BCUT2D eigenvalue weighted by molar-refractivity contribution is 0.295. The highest BCUT2D eigenvalue weighted by molar-refractivity contribution is 6.84. The van der Waals surface area contributed by atoms with Crippen molar-refractivity contribution >= 4 is 34.7 Å². The Morgan fingerprint density at radius 1 is 0.767 bits per heavy atom. The number of unbranched alkanes of at least 4 members (excludes halogenated alkanes) is 2. The van der Waals surface area contributed by atoms with Gasteiger partial charge in [0.2, 0.25) is 0 Å². The molecular weight excluding hydrogens is 437 g/mol. The van der Waals surface area contributed by atoms with Gasteiger partial charge in [-0.2, -0.15) is 0 Å². The van der Waals surface area contributed by atoms with Crippen LogP contribution in [0.3, 0.4) is 0 Å². The molecule has 30 heavy (non-hydrogen) atoms. The summed E-state index contributed by atoms with van der Waals surface area (Å²) in [6.07, 6.45) is 9.13. The van der Waals surface area contributed by atoms with E-state index in [0.717, 1.165) is 12.8 Å². The predicted molar refractivity (Wildman–Crippen MR) is 152 cm³/mol. The Labute approximate surface area is 197 Å². The zero-order valence-electron chi connectivity index (χ0n) is 23.1. The number of aliphatic hydroxyl groups excluding tert-OH is 1. The summed E-state index contributed by atoms with van der Waals surface area (Å²) in [5, 5.41) is 7.88. The Morgan fingerprint density at radius 2 is 1.07 bits per heavy atom. The van der Waals surface area contributed by atoms with Crippen LogP contribution in [0.2, 0.25) is 64.5 Å². The van der Waals surface area contributed by atoms with Crippen molar-refractivity contribution < 1.29 is 13.3 Å². The first kappa shape index (κ1) is 37.8. The summed E-state index contributed by atoms with van der Waals surface area (Å²) in [5.41, 5.74) is 0. The van der Waals surface area contributed by atoms with Gasteiger partial charge in [-0.15, -0.1) is 6.58 Å². The van der Waals surface area contributed by atoms with Gasteiger partial charge in [0.15, 0.2) is 34.7 Å². The number of allylic oxidation sites excluding steroid dienone is 1. The van der Waals surface area contributed by atoms with Crippen molar-refractivity contribution in [2.24, 2.45) is 0 Å². The van der Waals surface area contributed by atoms with E-state index in [1.54, 1.807) is 0 Å². The van der Waals surface area contributed by atoms with Crippen molar-refractivity contribution in [2.45, 2.75) is 131 Å². The molecule has 0 aliphatic rings. The molecule has 0 aliphatic heterocycles. The van der Waals surface area contributed by atoms with Crippen LogP contribution in [-0.2, 0) is 8.23 Å². The van der Waals surface area contributed by atoms with Crippen LogP contribution in [-0.4, -0.2) is 46.4 Å². The Bertz CT molecular complexity index is 310. The second kappa shape index (κ2) is 25.7. The third-order valence-corrected chi connectivity index (χ3v) is 15.8. The molecule has 0 amide bonds. The molecule has 3 nitrogen and oxygen atoms in total. The lowest BCUT2D eigenvalue weighted by Crippen LogP contribution is -2.44. The molecule has 0 fully saturated rings. The van der Waals surface area contributed by atoms with Crippen molar-refractivity contribution in [1.29, 1.82) is 0 Å². The molecule has 7 heteroatoms. The highest BCUT2D eigenvalue weighted by Crippen LogP contribution is 2.24. The Morgan fingerprint density at radius 3 is 1.20 bits per heavy atom. The normalized spacial score (nSPS) is 11.0. The van der Waals surface area contributed by atoms with Crippen LogP contribution in [0.1, 0.15) is 66.2 Å². The van der Waals surface area contributed by atoms with E-state index in [0.29, 0.717) is 6.61 Å². The van der Waals surface area contributed by atoms with Crippen LogP contribution in [0.5, 0.6) is 0 Å². The standard InChI is InChI=1S/C12H30OSi2.C4H14OSi2.C4H8.C3H8O/c1-7-9-11-14(3,4)13-15(5,6)12-10-8-2;1-6(2)5-7(3)4;1-3-4-2;1-2-3-4/h7-12H2,1-6H3;6-7H,1-4H3;3H,1,4H2,2H3;4H,2-3H2,1H3. The average molecular weight is 497 g/mol. The molecule has 0 heterocycles. The van der Waals surface area contributed by atoms with Crippen LogP contribution in [0.15, 0.2) is 12.7 Å². The molecule has 186 valence electrons.